The van der Waals surface area contributed by atoms with Gasteiger partial charge in [-0.2, -0.15) is 0 Å². The molecule has 17 heavy (non-hydrogen) atoms. The van der Waals surface area contributed by atoms with Gasteiger partial charge in [0, 0.05) is 11.1 Å². The Morgan fingerprint density at radius 3 is 3.06 bits per heavy atom. The topological polar surface area (TPSA) is 75.9 Å². The Bertz CT molecular complexity index is 428. The molecule has 0 atom stereocenters. The summed E-state index contributed by atoms with van der Waals surface area (Å²) >= 11 is 1.59. The molecular weight excluding hydrogens is 238 g/mol. The maximum absolute atomic E-state index is 5.42. The van der Waals surface area contributed by atoms with E-state index in [-0.39, 0.29) is 0 Å². The summed E-state index contributed by atoms with van der Waals surface area (Å²) in [5.41, 5.74) is 1.80. The summed E-state index contributed by atoms with van der Waals surface area (Å²) in [5, 5.41) is 14.1. The summed E-state index contributed by atoms with van der Waals surface area (Å²) in [4.78, 5) is 5.12. The van der Waals surface area contributed by atoms with Crippen molar-refractivity contribution >= 4 is 17.4 Å². The fourth-order valence-corrected chi connectivity index (χ4v) is 1.80. The number of hydrogen-bond donors (Lipinski definition) is 2. The highest BCUT2D eigenvalue weighted by atomic mass is 32.1. The number of thiazole rings is 1. The van der Waals surface area contributed by atoms with Gasteiger partial charge in [-0.15, -0.1) is 16.4 Å². The predicted octanol–water partition coefficient (Wildman–Crippen LogP) is 1.64. The van der Waals surface area contributed by atoms with Gasteiger partial charge in [-0.05, 0) is 13.0 Å². The average molecular weight is 253 g/mol. The molecule has 0 aliphatic rings. The van der Waals surface area contributed by atoms with Crippen LogP contribution in [0.5, 0.6) is 0 Å². The minimum absolute atomic E-state index is 0.451. The van der Waals surface area contributed by atoms with Crippen molar-refractivity contribution in [2.24, 2.45) is 0 Å². The van der Waals surface area contributed by atoms with Crippen LogP contribution in [-0.2, 0) is 13.1 Å². The molecule has 0 radical (unpaired) electrons. The lowest BCUT2D eigenvalue weighted by atomic mass is 10.5. The summed E-state index contributed by atoms with van der Waals surface area (Å²) in [7, 11) is 0. The van der Waals surface area contributed by atoms with E-state index in [1.807, 2.05) is 6.20 Å². The number of rotatable bonds is 7. The predicted molar refractivity (Wildman–Crippen MR) is 65.7 cm³/mol. The minimum Gasteiger partial charge on any atom is -0.407 e. The molecule has 0 bridgehead atoms. The Balaban J connectivity index is 1.77. The molecule has 2 rings (SSSR count). The normalized spacial score (nSPS) is 10.6. The largest absolute Gasteiger partial charge is 0.407 e. The molecule has 92 valence electrons. The number of anilines is 1. The summed E-state index contributed by atoms with van der Waals surface area (Å²) in [6, 6.07) is 0.451. The van der Waals surface area contributed by atoms with Crippen LogP contribution >= 0.6 is 11.3 Å². The van der Waals surface area contributed by atoms with Gasteiger partial charge in [-0.3, -0.25) is 4.98 Å². The molecule has 0 saturated heterocycles. The van der Waals surface area contributed by atoms with Crippen molar-refractivity contribution in [1.82, 2.24) is 20.5 Å². The van der Waals surface area contributed by atoms with E-state index < -0.39 is 0 Å². The summed E-state index contributed by atoms with van der Waals surface area (Å²) < 4.78 is 5.42. The summed E-state index contributed by atoms with van der Waals surface area (Å²) in [6.45, 7) is 4.34. The lowest BCUT2D eigenvalue weighted by molar-refractivity contribution is 0.477. The molecule has 2 heterocycles. The highest BCUT2D eigenvalue weighted by Crippen LogP contribution is 2.10. The first kappa shape index (κ1) is 12.0. The van der Waals surface area contributed by atoms with Crippen LogP contribution in [0.25, 0.3) is 0 Å². The zero-order valence-corrected chi connectivity index (χ0v) is 10.5. The van der Waals surface area contributed by atoms with E-state index in [2.05, 4.69) is 32.7 Å². The van der Waals surface area contributed by atoms with Crippen LogP contribution in [0.15, 0.2) is 16.1 Å². The lowest BCUT2D eigenvalue weighted by Crippen LogP contribution is -2.13. The van der Waals surface area contributed by atoms with Crippen molar-refractivity contribution in [3.63, 3.8) is 0 Å². The van der Waals surface area contributed by atoms with Crippen molar-refractivity contribution in [1.29, 1.82) is 0 Å². The number of hydrogen-bond acceptors (Lipinski definition) is 7. The van der Waals surface area contributed by atoms with Crippen LogP contribution in [0, 0.1) is 0 Å². The fourth-order valence-electron chi connectivity index (χ4n) is 1.26. The Labute approximate surface area is 103 Å². The van der Waals surface area contributed by atoms with E-state index in [0.29, 0.717) is 25.0 Å². The molecule has 0 aliphatic carbocycles. The van der Waals surface area contributed by atoms with Gasteiger partial charge in [0.15, 0.2) is 0 Å². The van der Waals surface area contributed by atoms with Gasteiger partial charge in [0.05, 0.1) is 18.6 Å². The standard InChI is InChI=1S/C10H15N5OS/c1-2-3-11-6-9-14-15-10(16-9)13-5-8-4-12-7-17-8/h4,7,11H,2-3,5-6H2,1H3,(H,13,15). The SMILES string of the molecule is CCCNCc1nnc(NCc2cncs2)o1. The summed E-state index contributed by atoms with van der Waals surface area (Å²) in [5.74, 6) is 0.602. The second-order valence-electron chi connectivity index (χ2n) is 3.50. The van der Waals surface area contributed by atoms with Gasteiger partial charge < -0.3 is 15.1 Å². The van der Waals surface area contributed by atoms with Crippen molar-refractivity contribution in [2.75, 3.05) is 11.9 Å². The maximum atomic E-state index is 5.42. The monoisotopic (exact) mass is 253 g/mol. The maximum Gasteiger partial charge on any atom is 0.315 e. The molecule has 2 aromatic rings. The van der Waals surface area contributed by atoms with Crippen LogP contribution < -0.4 is 10.6 Å². The first-order valence-electron chi connectivity index (χ1n) is 5.53. The second-order valence-corrected chi connectivity index (χ2v) is 4.47. The van der Waals surface area contributed by atoms with Gasteiger partial charge in [-0.25, -0.2) is 0 Å². The van der Waals surface area contributed by atoms with Crippen molar-refractivity contribution in [2.45, 2.75) is 26.4 Å². The summed E-state index contributed by atoms with van der Waals surface area (Å²) in [6.07, 6.45) is 2.91. The third kappa shape index (κ3) is 3.79. The molecule has 6 nitrogen and oxygen atoms in total. The van der Waals surface area contributed by atoms with Crippen LogP contribution in [0.1, 0.15) is 24.1 Å². The Hall–Kier alpha value is -1.47. The molecule has 0 unspecified atom stereocenters. The Morgan fingerprint density at radius 2 is 2.29 bits per heavy atom. The lowest BCUT2D eigenvalue weighted by Gasteiger charge is -1.98. The van der Waals surface area contributed by atoms with Crippen LogP contribution in [0.3, 0.4) is 0 Å². The van der Waals surface area contributed by atoms with Crippen molar-refractivity contribution < 1.29 is 4.42 Å². The van der Waals surface area contributed by atoms with Crippen LogP contribution in [0.2, 0.25) is 0 Å². The van der Waals surface area contributed by atoms with Crippen molar-refractivity contribution in [3.05, 3.63) is 22.5 Å². The highest BCUT2D eigenvalue weighted by molar-refractivity contribution is 7.09. The van der Waals surface area contributed by atoms with Crippen molar-refractivity contribution in [3.8, 4) is 0 Å². The van der Waals surface area contributed by atoms with Gasteiger partial charge in [0.1, 0.15) is 0 Å². The second kappa shape index (κ2) is 6.31. The van der Waals surface area contributed by atoms with E-state index in [4.69, 9.17) is 4.42 Å². The van der Waals surface area contributed by atoms with Crippen LogP contribution in [0.4, 0.5) is 6.01 Å². The van der Waals surface area contributed by atoms with E-state index in [0.717, 1.165) is 17.8 Å². The molecule has 2 aromatic heterocycles. The molecule has 0 spiro atoms. The Kier molecular flexibility index (Phi) is 4.45. The molecule has 0 saturated carbocycles. The molecular formula is C10H15N5OS. The number of nitrogens with one attached hydrogen (secondary N) is 2. The molecule has 2 N–H and O–H groups in total. The molecule has 0 aromatic carbocycles. The van der Waals surface area contributed by atoms with E-state index in [9.17, 15) is 0 Å². The average Bonchev–Trinajstić information content (AvgIpc) is 2.98. The Morgan fingerprint density at radius 1 is 1.35 bits per heavy atom. The molecule has 0 amide bonds. The highest BCUT2D eigenvalue weighted by Gasteiger charge is 2.05. The van der Waals surface area contributed by atoms with Gasteiger partial charge in [0.2, 0.25) is 5.89 Å². The minimum atomic E-state index is 0.451. The van der Waals surface area contributed by atoms with Gasteiger partial charge in [0.25, 0.3) is 0 Å². The zero-order valence-electron chi connectivity index (χ0n) is 9.64. The zero-order chi connectivity index (χ0) is 11.9. The van der Waals surface area contributed by atoms with E-state index in [1.165, 1.54) is 0 Å². The number of aromatic nitrogens is 3. The first-order chi connectivity index (χ1) is 8.38. The van der Waals surface area contributed by atoms with E-state index >= 15 is 0 Å². The molecule has 7 heteroatoms. The third-order valence-electron chi connectivity index (χ3n) is 2.07. The third-order valence-corrected chi connectivity index (χ3v) is 2.85. The number of nitrogens with zero attached hydrogens (tertiary/aromatic N) is 3. The fraction of sp³-hybridized carbons (Fsp3) is 0.500. The quantitative estimate of drug-likeness (QED) is 0.731. The van der Waals surface area contributed by atoms with Crippen LogP contribution in [-0.4, -0.2) is 21.7 Å². The molecule has 0 aliphatic heterocycles. The first-order valence-corrected chi connectivity index (χ1v) is 6.40. The smallest absolute Gasteiger partial charge is 0.315 e. The molecule has 0 fully saturated rings. The van der Waals surface area contributed by atoms with Gasteiger partial charge >= 0.3 is 6.01 Å². The van der Waals surface area contributed by atoms with E-state index in [1.54, 1.807) is 16.8 Å². The van der Waals surface area contributed by atoms with Gasteiger partial charge in [-0.1, -0.05) is 12.0 Å².